The first kappa shape index (κ1) is 21.9. The summed E-state index contributed by atoms with van der Waals surface area (Å²) in [5, 5.41) is 5.51. The summed E-state index contributed by atoms with van der Waals surface area (Å²) in [7, 11) is 0. The van der Waals surface area contributed by atoms with Crippen molar-refractivity contribution in [2.24, 2.45) is 0 Å². The third-order valence-electron chi connectivity index (χ3n) is 4.93. The summed E-state index contributed by atoms with van der Waals surface area (Å²) in [5.41, 5.74) is 1.73. The first-order valence-corrected chi connectivity index (χ1v) is 10.3. The Morgan fingerprint density at radius 1 is 0.879 bits per heavy atom. The van der Waals surface area contributed by atoms with Crippen LogP contribution in [0.4, 0.5) is 5.69 Å². The molecule has 0 bridgehead atoms. The number of benzene rings is 3. The van der Waals surface area contributed by atoms with Gasteiger partial charge in [-0.3, -0.25) is 14.4 Å². The van der Waals surface area contributed by atoms with Gasteiger partial charge < -0.3 is 24.8 Å². The van der Waals surface area contributed by atoms with Crippen molar-refractivity contribution in [2.75, 3.05) is 18.7 Å². The van der Waals surface area contributed by atoms with Crippen LogP contribution in [0.25, 0.3) is 0 Å². The Balaban J connectivity index is 1.33. The highest BCUT2D eigenvalue weighted by atomic mass is 16.7. The van der Waals surface area contributed by atoms with Gasteiger partial charge in [0.05, 0.1) is 12.5 Å². The molecule has 1 aliphatic rings. The second-order valence-electron chi connectivity index (χ2n) is 7.28. The lowest BCUT2D eigenvalue weighted by atomic mass is 10.0. The maximum absolute atomic E-state index is 12.6. The predicted octanol–water partition coefficient (Wildman–Crippen LogP) is 3.46. The molecular formula is C25H22N2O6. The van der Waals surface area contributed by atoms with Crippen molar-refractivity contribution in [2.45, 2.75) is 12.5 Å². The molecule has 1 unspecified atom stereocenters. The van der Waals surface area contributed by atoms with E-state index in [1.54, 1.807) is 42.5 Å². The van der Waals surface area contributed by atoms with Crippen LogP contribution in [-0.4, -0.2) is 31.2 Å². The van der Waals surface area contributed by atoms with Crippen LogP contribution in [-0.2, 0) is 14.3 Å². The molecule has 0 saturated heterocycles. The van der Waals surface area contributed by atoms with Crippen LogP contribution in [0, 0.1) is 0 Å². The van der Waals surface area contributed by atoms with Crippen LogP contribution in [0.2, 0.25) is 0 Å². The average Bonchev–Trinajstić information content (AvgIpc) is 3.31. The van der Waals surface area contributed by atoms with Crippen molar-refractivity contribution in [3.63, 3.8) is 0 Å². The number of amides is 2. The van der Waals surface area contributed by atoms with E-state index >= 15 is 0 Å². The largest absolute Gasteiger partial charge is 0.455 e. The molecule has 2 amide bonds. The molecule has 0 spiro atoms. The average molecular weight is 446 g/mol. The summed E-state index contributed by atoms with van der Waals surface area (Å²) in [6.45, 7) is -0.324. The number of anilines is 1. The summed E-state index contributed by atoms with van der Waals surface area (Å²) in [6.07, 6.45) is -0.125. The van der Waals surface area contributed by atoms with Gasteiger partial charge in [0.15, 0.2) is 18.1 Å². The molecule has 33 heavy (non-hydrogen) atoms. The van der Waals surface area contributed by atoms with Gasteiger partial charge in [0.1, 0.15) is 0 Å². The Morgan fingerprint density at radius 2 is 1.58 bits per heavy atom. The Labute approximate surface area is 190 Å². The normalized spacial score (nSPS) is 12.5. The maximum Gasteiger partial charge on any atom is 0.308 e. The molecule has 168 valence electrons. The predicted molar refractivity (Wildman–Crippen MR) is 120 cm³/mol. The smallest absolute Gasteiger partial charge is 0.308 e. The van der Waals surface area contributed by atoms with Crippen LogP contribution >= 0.6 is 0 Å². The van der Waals surface area contributed by atoms with Crippen molar-refractivity contribution < 1.29 is 28.6 Å². The second kappa shape index (κ2) is 10.3. The van der Waals surface area contributed by atoms with Gasteiger partial charge in [-0.05, 0) is 29.8 Å². The summed E-state index contributed by atoms with van der Waals surface area (Å²) in [5.74, 6) is -0.281. The zero-order chi connectivity index (χ0) is 23.0. The third kappa shape index (κ3) is 5.88. The highest BCUT2D eigenvalue weighted by Gasteiger charge is 2.21. The molecule has 8 heteroatoms. The van der Waals surface area contributed by atoms with Crippen LogP contribution < -0.4 is 20.1 Å². The van der Waals surface area contributed by atoms with E-state index in [0.717, 1.165) is 5.56 Å². The van der Waals surface area contributed by atoms with Crippen molar-refractivity contribution >= 4 is 23.5 Å². The fraction of sp³-hybridized carbons (Fsp3) is 0.160. The van der Waals surface area contributed by atoms with Gasteiger partial charge in [0, 0.05) is 17.3 Å². The number of nitrogens with one attached hydrogen (secondary N) is 2. The van der Waals surface area contributed by atoms with E-state index in [-0.39, 0.29) is 19.1 Å². The standard InChI is InChI=1S/C25H22N2O6/c28-23(26-19-11-12-21-22(13-19)33-16-32-21)15-31-24(29)14-20(17-7-3-1-4-8-17)27-25(30)18-9-5-2-6-10-18/h1-13,20H,14-16H2,(H,26,28)(H,27,30). The first-order valence-electron chi connectivity index (χ1n) is 10.3. The van der Waals surface area contributed by atoms with Crippen LogP contribution in [0.3, 0.4) is 0 Å². The minimum absolute atomic E-state index is 0.125. The van der Waals surface area contributed by atoms with E-state index in [1.807, 2.05) is 36.4 Å². The molecule has 0 aliphatic carbocycles. The third-order valence-corrected chi connectivity index (χ3v) is 4.93. The Morgan fingerprint density at radius 3 is 2.33 bits per heavy atom. The number of esters is 1. The van der Waals surface area contributed by atoms with Crippen LogP contribution in [0.1, 0.15) is 28.4 Å². The first-order chi connectivity index (χ1) is 16.1. The molecule has 0 aromatic heterocycles. The van der Waals surface area contributed by atoms with Gasteiger partial charge in [-0.1, -0.05) is 48.5 Å². The maximum atomic E-state index is 12.6. The lowest BCUT2D eigenvalue weighted by molar-refractivity contribution is -0.147. The molecule has 1 aliphatic heterocycles. The van der Waals surface area contributed by atoms with Gasteiger partial charge in [0.2, 0.25) is 6.79 Å². The zero-order valence-corrected chi connectivity index (χ0v) is 17.7. The van der Waals surface area contributed by atoms with Crippen molar-refractivity contribution in [1.82, 2.24) is 5.32 Å². The Bertz CT molecular complexity index is 1130. The monoisotopic (exact) mass is 446 g/mol. The van der Waals surface area contributed by atoms with E-state index in [0.29, 0.717) is 22.7 Å². The van der Waals surface area contributed by atoms with E-state index in [4.69, 9.17) is 14.2 Å². The molecule has 1 heterocycles. The summed E-state index contributed by atoms with van der Waals surface area (Å²) in [4.78, 5) is 37.3. The van der Waals surface area contributed by atoms with Crippen LogP contribution in [0.15, 0.2) is 78.9 Å². The van der Waals surface area contributed by atoms with E-state index in [1.165, 1.54) is 0 Å². The molecule has 0 fully saturated rings. The van der Waals surface area contributed by atoms with Gasteiger partial charge in [-0.15, -0.1) is 0 Å². The van der Waals surface area contributed by atoms with Gasteiger partial charge in [-0.2, -0.15) is 0 Å². The minimum atomic E-state index is -0.613. The number of hydrogen-bond donors (Lipinski definition) is 2. The molecule has 0 saturated carbocycles. The van der Waals surface area contributed by atoms with E-state index in [2.05, 4.69) is 10.6 Å². The van der Waals surface area contributed by atoms with Gasteiger partial charge >= 0.3 is 5.97 Å². The van der Waals surface area contributed by atoms with Crippen molar-refractivity contribution in [1.29, 1.82) is 0 Å². The van der Waals surface area contributed by atoms with Crippen molar-refractivity contribution in [3.05, 3.63) is 90.0 Å². The topological polar surface area (TPSA) is 103 Å². The Hall–Kier alpha value is -4.33. The fourth-order valence-corrected chi connectivity index (χ4v) is 3.31. The highest BCUT2D eigenvalue weighted by Crippen LogP contribution is 2.34. The van der Waals surface area contributed by atoms with Crippen LogP contribution in [0.5, 0.6) is 11.5 Å². The number of carbonyl (C=O) groups is 3. The number of fused-ring (bicyclic) bond motifs is 1. The lowest BCUT2D eigenvalue weighted by Gasteiger charge is -2.19. The molecule has 8 nitrogen and oxygen atoms in total. The zero-order valence-electron chi connectivity index (χ0n) is 17.7. The molecule has 2 N–H and O–H groups in total. The fourth-order valence-electron chi connectivity index (χ4n) is 3.31. The summed E-state index contributed by atoms with van der Waals surface area (Å²) in [6, 6.07) is 22.2. The van der Waals surface area contributed by atoms with E-state index < -0.39 is 24.5 Å². The summed E-state index contributed by atoms with van der Waals surface area (Å²) < 4.78 is 15.7. The summed E-state index contributed by atoms with van der Waals surface area (Å²) >= 11 is 0. The lowest BCUT2D eigenvalue weighted by Crippen LogP contribution is -2.31. The number of hydrogen-bond acceptors (Lipinski definition) is 6. The Kier molecular flexibility index (Phi) is 6.84. The molecule has 0 radical (unpaired) electrons. The number of rotatable bonds is 8. The van der Waals surface area contributed by atoms with Crippen molar-refractivity contribution in [3.8, 4) is 11.5 Å². The minimum Gasteiger partial charge on any atom is -0.455 e. The molecular weight excluding hydrogens is 424 g/mol. The number of ether oxygens (including phenoxy) is 3. The highest BCUT2D eigenvalue weighted by molar-refractivity contribution is 5.95. The SMILES string of the molecule is O=C(COC(=O)CC(NC(=O)c1ccccc1)c1ccccc1)Nc1ccc2c(c1)OCO2. The van der Waals surface area contributed by atoms with Gasteiger partial charge in [-0.25, -0.2) is 0 Å². The second-order valence-corrected chi connectivity index (χ2v) is 7.28. The molecule has 3 aromatic carbocycles. The quantitative estimate of drug-likeness (QED) is 0.514. The molecule has 4 rings (SSSR count). The molecule has 1 atom stereocenters. The molecule has 3 aromatic rings. The van der Waals surface area contributed by atoms with E-state index in [9.17, 15) is 14.4 Å². The van der Waals surface area contributed by atoms with Gasteiger partial charge in [0.25, 0.3) is 11.8 Å². The number of carbonyl (C=O) groups excluding carboxylic acids is 3.